The maximum atomic E-state index is 11.1. The molecule has 0 saturated carbocycles. The average molecular weight is 296 g/mol. The Bertz CT molecular complexity index is 641. The summed E-state index contributed by atoms with van der Waals surface area (Å²) < 4.78 is 11.4. The Morgan fingerprint density at radius 3 is 2.50 bits per heavy atom. The van der Waals surface area contributed by atoms with Crippen LogP contribution in [0.15, 0.2) is 60.2 Å². The summed E-state index contributed by atoms with van der Waals surface area (Å²) in [6.45, 7) is 4.92. The van der Waals surface area contributed by atoms with Crippen molar-refractivity contribution in [3.8, 4) is 11.5 Å². The van der Waals surface area contributed by atoms with Crippen molar-refractivity contribution in [3.05, 3.63) is 71.3 Å². The Labute approximate surface area is 131 Å². The van der Waals surface area contributed by atoms with Gasteiger partial charge >= 0.3 is 0 Å². The normalized spacial score (nSPS) is 9.91. The second-order valence-electron chi connectivity index (χ2n) is 5.18. The molecule has 0 bridgehead atoms. The van der Waals surface area contributed by atoms with Crippen molar-refractivity contribution in [2.75, 3.05) is 6.61 Å². The molecule has 0 fully saturated rings. The third-order valence-corrected chi connectivity index (χ3v) is 3.09. The SMILES string of the molecule is CC(C)=CCOc1cc(OCc2ccccc2)ccc1C=O. The molecule has 0 aromatic heterocycles. The van der Waals surface area contributed by atoms with Crippen molar-refractivity contribution < 1.29 is 14.3 Å². The molecular formula is C19H20O3. The molecule has 0 unspecified atom stereocenters. The molecule has 2 rings (SSSR count). The molecule has 3 heteroatoms. The molecule has 114 valence electrons. The molecule has 0 aliphatic heterocycles. The van der Waals surface area contributed by atoms with Gasteiger partial charge in [-0.3, -0.25) is 4.79 Å². The molecule has 22 heavy (non-hydrogen) atoms. The lowest BCUT2D eigenvalue weighted by Crippen LogP contribution is -2.00. The largest absolute Gasteiger partial charge is 0.489 e. The minimum absolute atomic E-state index is 0.436. The Morgan fingerprint density at radius 2 is 1.82 bits per heavy atom. The molecule has 0 heterocycles. The van der Waals surface area contributed by atoms with Crippen LogP contribution in [0.1, 0.15) is 29.8 Å². The van der Waals surface area contributed by atoms with Crippen LogP contribution in [0.5, 0.6) is 11.5 Å². The fraction of sp³-hybridized carbons (Fsp3) is 0.211. The van der Waals surface area contributed by atoms with Crippen LogP contribution in [0.4, 0.5) is 0 Å². The fourth-order valence-corrected chi connectivity index (χ4v) is 1.87. The van der Waals surface area contributed by atoms with Crippen LogP contribution in [0.2, 0.25) is 0 Å². The summed E-state index contributed by atoms with van der Waals surface area (Å²) in [5.41, 5.74) is 2.78. The molecule has 2 aromatic carbocycles. The van der Waals surface area contributed by atoms with Gasteiger partial charge in [-0.15, -0.1) is 0 Å². The first-order valence-electron chi connectivity index (χ1n) is 7.21. The number of ether oxygens (including phenoxy) is 2. The predicted molar refractivity (Wildman–Crippen MR) is 87.5 cm³/mol. The molecule has 0 aliphatic rings. The summed E-state index contributed by atoms with van der Waals surface area (Å²) >= 11 is 0. The van der Waals surface area contributed by atoms with E-state index in [-0.39, 0.29) is 0 Å². The quantitative estimate of drug-likeness (QED) is 0.560. The number of carbonyl (C=O) groups excluding carboxylic acids is 1. The summed E-state index contributed by atoms with van der Waals surface area (Å²) in [5, 5.41) is 0. The van der Waals surface area contributed by atoms with Crippen LogP contribution >= 0.6 is 0 Å². The molecule has 3 nitrogen and oxygen atoms in total. The van der Waals surface area contributed by atoms with Crippen molar-refractivity contribution in [2.45, 2.75) is 20.5 Å². The van der Waals surface area contributed by atoms with Crippen LogP contribution in [0.25, 0.3) is 0 Å². The minimum Gasteiger partial charge on any atom is -0.489 e. The maximum Gasteiger partial charge on any atom is 0.153 e. The summed E-state index contributed by atoms with van der Waals surface area (Å²) in [7, 11) is 0. The van der Waals surface area contributed by atoms with E-state index in [9.17, 15) is 4.79 Å². The van der Waals surface area contributed by atoms with E-state index in [4.69, 9.17) is 9.47 Å². The number of carbonyl (C=O) groups is 1. The highest BCUT2D eigenvalue weighted by molar-refractivity contribution is 5.79. The number of hydrogen-bond acceptors (Lipinski definition) is 3. The third-order valence-electron chi connectivity index (χ3n) is 3.09. The van der Waals surface area contributed by atoms with Gasteiger partial charge in [0.05, 0.1) is 5.56 Å². The zero-order chi connectivity index (χ0) is 15.8. The summed E-state index contributed by atoms with van der Waals surface area (Å²) in [4.78, 5) is 11.1. The first kappa shape index (κ1) is 15.8. The van der Waals surface area contributed by atoms with Crippen LogP contribution < -0.4 is 9.47 Å². The van der Waals surface area contributed by atoms with E-state index >= 15 is 0 Å². The molecule has 0 radical (unpaired) electrons. The molecule has 0 aliphatic carbocycles. The number of hydrogen-bond donors (Lipinski definition) is 0. The van der Waals surface area contributed by atoms with Gasteiger partial charge in [0.15, 0.2) is 6.29 Å². The zero-order valence-corrected chi connectivity index (χ0v) is 12.9. The van der Waals surface area contributed by atoms with Gasteiger partial charge in [0, 0.05) is 6.07 Å². The highest BCUT2D eigenvalue weighted by Gasteiger charge is 2.05. The number of benzene rings is 2. The second kappa shape index (κ2) is 8.03. The molecule has 0 amide bonds. The van der Waals surface area contributed by atoms with Crippen LogP contribution in [0.3, 0.4) is 0 Å². The van der Waals surface area contributed by atoms with E-state index in [0.29, 0.717) is 30.3 Å². The van der Waals surface area contributed by atoms with E-state index in [1.54, 1.807) is 18.2 Å². The smallest absolute Gasteiger partial charge is 0.153 e. The maximum absolute atomic E-state index is 11.1. The van der Waals surface area contributed by atoms with Gasteiger partial charge in [0.2, 0.25) is 0 Å². The summed E-state index contributed by atoms with van der Waals surface area (Å²) in [5.74, 6) is 1.22. The molecule has 0 N–H and O–H groups in total. The van der Waals surface area contributed by atoms with Gasteiger partial charge in [-0.2, -0.15) is 0 Å². The van der Waals surface area contributed by atoms with Gasteiger partial charge < -0.3 is 9.47 Å². The molecule has 2 aromatic rings. The highest BCUT2D eigenvalue weighted by atomic mass is 16.5. The standard InChI is InChI=1S/C19H20O3/c1-15(2)10-11-21-19-12-18(9-8-17(19)13-20)22-14-16-6-4-3-5-7-16/h3-10,12-13H,11,14H2,1-2H3. The van der Waals surface area contributed by atoms with Gasteiger partial charge in [0.25, 0.3) is 0 Å². The Hall–Kier alpha value is -2.55. The zero-order valence-electron chi connectivity index (χ0n) is 12.9. The monoisotopic (exact) mass is 296 g/mol. The second-order valence-corrected chi connectivity index (χ2v) is 5.18. The van der Waals surface area contributed by atoms with Gasteiger partial charge in [-0.1, -0.05) is 35.9 Å². The van der Waals surface area contributed by atoms with E-state index in [2.05, 4.69) is 0 Å². The van der Waals surface area contributed by atoms with Gasteiger partial charge in [-0.05, 0) is 37.6 Å². The van der Waals surface area contributed by atoms with Crippen LogP contribution in [-0.4, -0.2) is 12.9 Å². The van der Waals surface area contributed by atoms with E-state index in [1.807, 2.05) is 50.3 Å². The highest BCUT2D eigenvalue weighted by Crippen LogP contribution is 2.24. The predicted octanol–water partition coefficient (Wildman–Crippen LogP) is 4.42. The number of rotatable bonds is 7. The Balaban J connectivity index is 2.05. The van der Waals surface area contributed by atoms with Gasteiger partial charge in [-0.25, -0.2) is 0 Å². The van der Waals surface area contributed by atoms with E-state index < -0.39 is 0 Å². The lowest BCUT2D eigenvalue weighted by Gasteiger charge is -2.11. The molecule has 0 spiro atoms. The topological polar surface area (TPSA) is 35.5 Å². The Kier molecular flexibility index (Phi) is 5.78. The van der Waals surface area contributed by atoms with Crippen molar-refractivity contribution in [2.24, 2.45) is 0 Å². The number of aldehydes is 1. The number of allylic oxidation sites excluding steroid dienone is 1. The summed E-state index contributed by atoms with van der Waals surface area (Å²) in [6, 6.07) is 15.2. The van der Waals surface area contributed by atoms with Crippen LogP contribution in [-0.2, 0) is 6.61 Å². The average Bonchev–Trinajstić information content (AvgIpc) is 2.54. The fourth-order valence-electron chi connectivity index (χ4n) is 1.87. The lowest BCUT2D eigenvalue weighted by molar-refractivity contribution is 0.112. The van der Waals surface area contributed by atoms with E-state index in [1.165, 1.54) is 5.57 Å². The van der Waals surface area contributed by atoms with Crippen LogP contribution in [0, 0.1) is 0 Å². The van der Waals surface area contributed by atoms with Crippen molar-refractivity contribution in [3.63, 3.8) is 0 Å². The lowest BCUT2D eigenvalue weighted by atomic mass is 10.2. The Morgan fingerprint density at radius 1 is 1.05 bits per heavy atom. The first-order valence-corrected chi connectivity index (χ1v) is 7.21. The van der Waals surface area contributed by atoms with Crippen molar-refractivity contribution >= 4 is 6.29 Å². The summed E-state index contributed by atoms with van der Waals surface area (Å²) in [6.07, 6.45) is 2.75. The van der Waals surface area contributed by atoms with E-state index in [0.717, 1.165) is 11.8 Å². The minimum atomic E-state index is 0.436. The van der Waals surface area contributed by atoms with Crippen molar-refractivity contribution in [1.29, 1.82) is 0 Å². The third kappa shape index (κ3) is 4.77. The molecule has 0 saturated heterocycles. The first-order chi connectivity index (χ1) is 10.7. The molecular weight excluding hydrogens is 276 g/mol. The van der Waals surface area contributed by atoms with Crippen molar-refractivity contribution in [1.82, 2.24) is 0 Å². The van der Waals surface area contributed by atoms with Gasteiger partial charge in [0.1, 0.15) is 24.7 Å². The molecule has 0 atom stereocenters.